The lowest BCUT2D eigenvalue weighted by molar-refractivity contribution is -0.385. The Morgan fingerprint density at radius 2 is 2.04 bits per heavy atom. The monoisotopic (exact) mass is 396 g/mol. The van der Waals surface area contributed by atoms with Crippen LogP contribution < -0.4 is 4.74 Å². The SMILES string of the molecule is CCOC(=O)CN1C(=O)S/C(=C/c2cc([N+](=O)[O-])cc(OCC)c2O)C1=O. The van der Waals surface area contributed by atoms with Crippen molar-refractivity contribution in [3.8, 4) is 11.5 Å². The van der Waals surface area contributed by atoms with Gasteiger partial charge in [0, 0.05) is 11.6 Å². The highest BCUT2D eigenvalue weighted by Gasteiger charge is 2.37. The number of imide groups is 1. The average Bonchev–Trinajstić information content (AvgIpc) is 2.86. The smallest absolute Gasteiger partial charge is 0.326 e. The zero-order valence-electron chi connectivity index (χ0n) is 14.5. The van der Waals surface area contributed by atoms with Gasteiger partial charge in [0.1, 0.15) is 6.54 Å². The molecule has 0 atom stereocenters. The maximum absolute atomic E-state index is 12.4. The van der Waals surface area contributed by atoms with Crippen LogP contribution in [-0.2, 0) is 14.3 Å². The first-order valence-electron chi connectivity index (χ1n) is 7.83. The minimum Gasteiger partial charge on any atom is -0.504 e. The van der Waals surface area contributed by atoms with Crippen molar-refractivity contribution >= 4 is 40.6 Å². The van der Waals surface area contributed by atoms with Crippen LogP contribution in [0.4, 0.5) is 10.5 Å². The van der Waals surface area contributed by atoms with E-state index in [1.54, 1.807) is 13.8 Å². The van der Waals surface area contributed by atoms with Crippen LogP contribution in [0.3, 0.4) is 0 Å². The molecule has 1 aliphatic rings. The van der Waals surface area contributed by atoms with Crippen molar-refractivity contribution in [1.82, 2.24) is 4.90 Å². The Morgan fingerprint density at radius 1 is 1.33 bits per heavy atom. The maximum Gasteiger partial charge on any atom is 0.326 e. The number of phenolic OH excluding ortho intramolecular Hbond substituents is 1. The van der Waals surface area contributed by atoms with Crippen molar-refractivity contribution in [2.24, 2.45) is 0 Å². The largest absolute Gasteiger partial charge is 0.504 e. The van der Waals surface area contributed by atoms with Crippen LogP contribution in [-0.4, -0.2) is 51.8 Å². The number of hydrogen-bond donors (Lipinski definition) is 1. The zero-order valence-corrected chi connectivity index (χ0v) is 15.3. The summed E-state index contributed by atoms with van der Waals surface area (Å²) in [6, 6.07) is 2.11. The van der Waals surface area contributed by atoms with Gasteiger partial charge < -0.3 is 14.6 Å². The number of thioether (sulfide) groups is 1. The molecular formula is C16H16N2O8S. The number of carbonyl (C=O) groups is 3. The summed E-state index contributed by atoms with van der Waals surface area (Å²) in [5.41, 5.74) is -0.414. The Bertz CT molecular complexity index is 836. The summed E-state index contributed by atoms with van der Waals surface area (Å²) in [5, 5.41) is 20.6. The molecule has 1 aromatic carbocycles. The number of amides is 2. The normalized spacial score (nSPS) is 15.3. The number of ether oxygens (including phenoxy) is 2. The number of nitrogens with zero attached hydrogens (tertiary/aromatic N) is 2. The number of benzene rings is 1. The molecule has 27 heavy (non-hydrogen) atoms. The lowest BCUT2D eigenvalue weighted by Crippen LogP contribution is -2.34. The Balaban J connectivity index is 2.38. The van der Waals surface area contributed by atoms with Gasteiger partial charge >= 0.3 is 5.97 Å². The van der Waals surface area contributed by atoms with Crippen molar-refractivity contribution in [2.45, 2.75) is 13.8 Å². The van der Waals surface area contributed by atoms with Gasteiger partial charge in [0.15, 0.2) is 11.5 Å². The molecule has 0 aliphatic carbocycles. The Hall–Kier alpha value is -3.08. The summed E-state index contributed by atoms with van der Waals surface area (Å²) in [7, 11) is 0. The molecule has 0 unspecified atom stereocenters. The van der Waals surface area contributed by atoms with E-state index in [9.17, 15) is 29.6 Å². The third-order valence-corrected chi connectivity index (χ3v) is 4.26. The number of hydrogen-bond acceptors (Lipinski definition) is 9. The number of nitro benzene ring substituents is 1. The standard InChI is InChI=1S/C16H16N2O8S/c1-3-25-11-7-10(18(23)24)5-9(14(11)20)6-12-15(21)17(16(22)27-12)8-13(19)26-4-2/h5-7,20H,3-4,8H2,1-2H3/b12-6+. The second kappa shape index (κ2) is 8.54. The fourth-order valence-electron chi connectivity index (χ4n) is 2.21. The summed E-state index contributed by atoms with van der Waals surface area (Å²) in [5.74, 6) is -2.02. The molecule has 10 nitrogen and oxygen atoms in total. The van der Waals surface area contributed by atoms with Gasteiger partial charge in [-0.05, 0) is 31.7 Å². The molecule has 0 saturated carbocycles. The number of esters is 1. The zero-order chi connectivity index (χ0) is 20.1. The van der Waals surface area contributed by atoms with E-state index in [0.29, 0.717) is 16.7 Å². The van der Waals surface area contributed by atoms with Gasteiger partial charge in [-0.2, -0.15) is 0 Å². The summed E-state index contributed by atoms with van der Waals surface area (Å²) >= 11 is 0.548. The van der Waals surface area contributed by atoms with Crippen LogP contribution in [0.15, 0.2) is 17.0 Å². The minimum absolute atomic E-state index is 0.0608. The summed E-state index contributed by atoms with van der Waals surface area (Å²) in [6.45, 7) is 2.95. The molecule has 2 amide bonds. The van der Waals surface area contributed by atoms with Crippen LogP contribution in [0.5, 0.6) is 11.5 Å². The van der Waals surface area contributed by atoms with E-state index in [2.05, 4.69) is 0 Å². The second-order valence-electron chi connectivity index (χ2n) is 5.14. The average molecular weight is 396 g/mol. The number of nitro groups is 1. The van der Waals surface area contributed by atoms with Crippen LogP contribution in [0, 0.1) is 10.1 Å². The van der Waals surface area contributed by atoms with E-state index >= 15 is 0 Å². The van der Waals surface area contributed by atoms with Gasteiger partial charge in [0.2, 0.25) is 0 Å². The Labute approximate surface area is 157 Å². The van der Waals surface area contributed by atoms with E-state index < -0.39 is 34.3 Å². The number of carbonyl (C=O) groups excluding carboxylic acids is 3. The molecule has 144 valence electrons. The molecule has 1 saturated heterocycles. The summed E-state index contributed by atoms with van der Waals surface area (Å²) < 4.78 is 9.88. The van der Waals surface area contributed by atoms with Crippen molar-refractivity contribution < 1.29 is 33.9 Å². The third-order valence-electron chi connectivity index (χ3n) is 3.35. The third kappa shape index (κ3) is 4.56. The number of non-ortho nitro benzene ring substituents is 1. The van der Waals surface area contributed by atoms with Gasteiger partial charge in [-0.1, -0.05) is 0 Å². The molecule has 11 heteroatoms. The van der Waals surface area contributed by atoms with Crippen LogP contribution in [0.1, 0.15) is 19.4 Å². The molecule has 2 rings (SSSR count). The predicted octanol–water partition coefficient (Wildman–Crippen LogP) is 2.30. The van der Waals surface area contributed by atoms with Gasteiger partial charge in [-0.15, -0.1) is 0 Å². The Morgan fingerprint density at radius 3 is 2.63 bits per heavy atom. The van der Waals surface area contributed by atoms with Crippen molar-refractivity contribution in [2.75, 3.05) is 19.8 Å². The van der Waals surface area contributed by atoms with Crippen LogP contribution in [0.25, 0.3) is 6.08 Å². The molecule has 1 heterocycles. The van der Waals surface area contributed by atoms with Crippen LogP contribution >= 0.6 is 11.8 Å². The summed E-state index contributed by atoms with van der Waals surface area (Å²) in [6.07, 6.45) is 1.14. The van der Waals surface area contributed by atoms with E-state index in [0.717, 1.165) is 18.2 Å². The van der Waals surface area contributed by atoms with Gasteiger partial charge in [-0.25, -0.2) is 0 Å². The molecule has 1 N–H and O–H groups in total. The topological polar surface area (TPSA) is 136 Å². The number of rotatable bonds is 7. The first-order chi connectivity index (χ1) is 12.8. The van der Waals surface area contributed by atoms with E-state index in [4.69, 9.17) is 9.47 Å². The highest BCUT2D eigenvalue weighted by Crippen LogP contribution is 2.39. The maximum atomic E-state index is 12.4. The molecule has 0 bridgehead atoms. The lowest BCUT2D eigenvalue weighted by Gasteiger charge is -2.11. The van der Waals surface area contributed by atoms with Gasteiger partial charge in [0.05, 0.1) is 29.1 Å². The van der Waals surface area contributed by atoms with E-state index in [1.807, 2.05) is 0 Å². The number of aromatic hydroxyl groups is 1. The van der Waals surface area contributed by atoms with Gasteiger partial charge in [-0.3, -0.25) is 29.4 Å². The fraction of sp³-hybridized carbons (Fsp3) is 0.312. The highest BCUT2D eigenvalue weighted by molar-refractivity contribution is 8.18. The molecule has 1 fully saturated rings. The van der Waals surface area contributed by atoms with Crippen molar-refractivity contribution in [1.29, 1.82) is 0 Å². The molecule has 1 aliphatic heterocycles. The van der Waals surface area contributed by atoms with Crippen LogP contribution in [0.2, 0.25) is 0 Å². The second-order valence-corrected chi connectivity index (χ2v) is 6.14. The molecular weight excluding hydrogens is 380 g/mol. The van der Waals surface area contributed by atoms with E-state index in [-0.39, 0.29) is 35.1 Å². The molecule has 0 spiro atoms. The highest BCUT2D eigenvalue weighted by atomic mass is 32.2. The van der Waals surface area contributed by atoms with E-state index in [1.165, 1.54) is 0 Å². The number of phenols is 1. The quantitative estimate of drug-likeness (QED) is 0.318. The summed E-state index contributed by atoms with van der Waals surface area (Å²) in [4.78, 5) is 46.9. The molecule has 1 aromatic rings. The molecule has 0 aromatic heterocycles. The lowest BCUT2D eigenvalue weighted by atomic mass is 10.1. The fourth-order valence-corrected chi connectivity index (χ4v) is 3.04. The first-order valence-corrected chi connectivity index (χ1v) is 8.65. The minimum atomic E-state index is -0.762. The van der Waals surface area contributed by atoms with Gasteiger partial charge in [0.25, 0.3) is 16.8 Å². The van der Waals surface area contributed by atoms with Crippen molar-refractivity contribution in [3.05, 3.63) is 32.7 Å². The first kappa shape index (κ1) is 20.2. The Kier molecular flexibility index (Phi) is 6.40. The van der Waals surface area contributed by atoms with Crippen molar-refractivity contribution in [3.63, 3.8) is 0 Å². The predicted molar refractivity (Wildman–Crippen MR) is 95.2 cm³/mol. The molecule has 0 radical (unpaired) electrons.